The zero-order chi connectivity index (χ0) is 32.4. The molecule has 0 fully saturated rings. The maximum atomic E-state index is 2.54. The lowest BCUT2D eigenvalue weighted by atomic mass is 9.82. The molecule has 0 N–H and O–H groups in total. The topological polar surface area (TPSA) is 9.86 Å². The van der Waals surface area contributed by atoms with E-state index in [9.17, 15) is 0 Å². The summed E-state index contributed by atoms with van der Waals surface area (Å²) in [6, 6.07) is 54.1. The normalized spacial score (nSPS) is 14.3. The second kappa shape index (κ2) is 9.94. The van der Waals surface area contributed by atoms with Gasteiger partial charge in [-0.05, 0) is 83.4 Å². The maximum absolute atomic E-state index is 2.54. The van der Waals surface area contributed by atoms with Gasteiger partial charge in [-0.1, -0.05) is 116 Å². The summed E-state index contributed by atoms with van der Waals surface area (Å²) < 4.78 is 4.94. The van der Waals surface area contributed by atoms with Crippen molar-refractivity contribution in [2.24, 2.45) is 0 Å². The third kappa shape index (κ3) is 3.76. The Morgan fingerprint density at radius 1 is 0.429 bits per heavy atom. The quantitative estimate of drug-likeness (QED) is 0.182. The van der Waals surface area contributed by atoms with Crippen molar-refractivity contribution in [2.45, 2.75) is 38.8 Å². The zero-order valence-electron chi connectivity index (χ0n) is 27.1. The van der Waals surface area contributed by atoms with Gasteiger partial charge in [0, 0.05) is 63.5 Å². The van der Waals surface area contributed by atoms with Gasteiger partial charge in [0.05, 0.1) is 22.1 Å². The summed E-state index contributed by atoms with van der Waals surface area (Å²) in [5, 5.41) is 5.12. The molecule has 0 radical (unpaired) electrons. The van der Waals surface area contributed by atoms with Gasteiger partial charge in [0.2, 0.25) is 0 Å². The van der Waals surface area contributed by atoms with Crippen molar-refractivity contribution >= 4 is 67.1 Å². The Balaban J connectivity index is 1.21. The molecule has 2 aromatic heterocycles. The number of benzene rings is 7. The summed E-state index contributed by atoms with van der Waals surface area (Å²) >= 11 is 3.82. The number of aromatic nitrogens is 2. The fourth-order valence-corrected chi connectivity index (χ4v) is 10.8. The Hall–Kier alpha value is -5.16. The van der Waals surface area contributed by atoms with Gasteiger partial charge in [0.15, 0.2) is 0 Å². The van der Waals surface area contributed by atoms with Crippen LogP contribution in [0, 0.1) is 0 Å². The molecule has 3 heterocycles. The van der Waals surface area contributed by atoms with Crippen LogP contribution in [0.3, 0.4) is 0 Å². The minimum absolute atomic E-state index is 0.121. The van der Waals surface area contributed by atoms with Crippen molar-refractivity contribution in [1.82, 2.24) is 9.13 Å². The number of nitrogens with zero attached hydrogens (tertiary/aromatic N) is 2. The summed E-state index contributed by atoms with van der Waals surface area (Å²) in [5.41, 5.74) is 12.8. The average Bonchev–Trinajstić information content (AvgIpc) is 3.73. The van der Waals surface area contributed by atoms with Gasteiger partial charge >= 0.3 is 0 Å². The van der Waals surface area contributed by atoms with E-state index in [1.54, 1.807) is 0 Å². The molecule has 1 aliphatic heterocycles. The second-order valence-corrected chi connectivity index (χ2v) is 15.9. The molecule has 7 aromatic carbocycles. The monoisotopic (exact) mass is 662 g/mol. The van der Waals surface area contributed by atoms with Gasteiger partial charge < -0.3 is 9.13 Å². The first-order valence-corrected chi connectivity index (χ1v) is 18.5. The SMILES string of the molecule is CC1(C)c2cc3c(cc2-c2c1ccc1c4ccccc4n(-c4ccc5c(c4)c4ccccc4n5-c4ccccc4)c21)Sc1ccccc1S3. The van der Waals surface area contributed by atoms with Crippen molar-refractivity contribution in [3.05, 3.63) is 157 Å². The fraction of sp³-hybridized carbons (Fsp3) is 0.0667. The van der Waals surface area contributed by atoms with Crippen molar-refractivity contribution in [2.75, 3.05) is 0 Å². The highest BCUT2D eigenvalue weighted by Crippen LogP contribution is 2.57. The van der Waals surface area contributed by atoms with Crippen molar-refractivity contribution in [3.8, 4) is 22.5 Å². The van der Waals surface area contributed by atoms with Gasteiger partial charge in [-0.2, -0.15) is 0 Å². The molecule has 2 aliphatic rings. The molecule has 2 nitrogen and oxygen atoms in total. The predicted octanol–water partition coefficient (Wildman–Crippen LogP) is 12.8. The highest BCUT2D eigenvalue weighted by molar-refractivity contribution is 8.05. The molecule has 1 aliphatic carbocycles. The van der Waals surface area contributed by atoms with Gasteiger partial charge in [0.25, 0.3) is 0 Å². The fourth-order valence-electron chi connectivity index (χ4n) is 8.52. The molecular formula is C45H30N2S2. The van der Waals surface area contributed by atoms with Crippen molar-refractivity contribution in [3.63, 3.8) is 0 Å². The van der Waals surface area contributed by atoms with E-state index < -0.39 is 0 Å². The molecule has 0 saturated heterocycles. The van der Waals surface area contributed by atoms with E-state index in [0.29, 0.717) is 0 Å². The van der Waals surface area contributed by atoms with Crippen LogP contribution in [0.1, 0.15) is 25.0 Å². The van der Waals surface area contributed by atoms with E-state index >= 15 is 0 Å². The summed E-state index contributed by atoms with van der Waals surface area (Å²) in [7, 11) is 0. The van der Waals surface area contributed by atoms with Crippen LogP contribution in [0.15, 0.2) is 165 Å². The molecule has 49 heavy (non-hydrogen) atoms. The number of hydrogen-bond acceptors (Lipinski definition) is 2. The van der Waals surface area contributed by atoms with Gasteiger partial charge in [-0.3, -0.25) is 0 Å². The van der Waals surface area contributed by atoms with E-state index in [0.717, 1.165) is 0 Å². The van der Waals surface area contributed by atoms with Crippen molar-refractivity contribution in [1.29, 1.82) is 0 Å². The number of para-hydroxylation sites is 3. The minimum atomic E-state index is -0.121. The highest BCUT2D eigenvalue weighted by atomic mass is 32.2. The Labute approximate surface area is 293 Å². The summed E-state index contributed by atoms with van der Waals surface area (Å²) in [6.45, 7) is 4.81. The smallest absolute Gasteiger partial charge is 0.0622 e. The summed E-state index contributed by atoms with van der Waals surface area (Å²) in [6.07, 6.45) is 0. The van der Waals surface area contributed by atoms with Crippen LogP contribution in [0.4, 0.5) is 0 Å². The van der Waals surface area contributed by atoms with Crippen LogP contribution in [-0.4, -0.2) is 9.13 Å². The molecular weight excluding hydrogens is 633 g/mol. The summed E-state index contributed by atoms with van der Waals surface area (Å²) in [5.74, 6) is 0. The molecule has 0 atom stereocenters. The standard InChI is InChI=1S/C45H30N2S2/c1-45(2)34-22-21-31-29-14-6-9-17-37(29)47(44(31)43(34)33-25-41-42(26-35(33)45)49-40-19-11-10-18-39(40)48-41)28-20-23-38-32(24-28)30-15-7-8-16-36(30)46(38)27-12-4-3-5-13-27/h3-26H,1-2H3. The highest BCUT2D eigenvalue weighted by Gasteiger charge is 2.39. The van der Waals surface area contributed by atoms with E-state index in [1.165, 1.54) is 96.8 Å². The number of fused-ring (bicyclic) bond motifs is 12. The maximum Gasteiger partial charge on any atom is 0.0622 e. The Kier molecular flexibility index (Phi) is 5.63. The third-order valence-electron chi connectivity index (χ3n) is 10.8. The Bertz CT molecular complexity index is 2860. The van der Waals surface area contributed by atoms with E-state index in [1.807, 2.05) is 23.5 Å². The number of hydrogen-bond donors (Lipinski definition) is 0. The van der Waals surface area contributed by atoms with Gasteiger partial charge in [0.1, 0.15) is 0 Å². The van der Waals surface area contributed by atoms with Crippen LogP contribution >= 0.6 is 23.5 Å². The van der Waals surface area contributed by atoms with E-state index in [2.05, 4.69) is 169 Å². The molecule has 0 bridgehead atoms. The molecule has 9 aromatic rings. The largest absolute Gasteiger partial charge is 0.309 e. The molecule has 232 valence electrons. The molecule has 0 saturated carbocycles. The Morgan fingerprint density at radius 2 is 1.04 bits per heavy atom. The lowest BCUT2D eigenvalue weighted by Crippen LogP contribution is -2.15. The summed E-state index contributed by atoms with van der Waals surface area (Å²) in [4.78, 5) is 5.40. The van der Waals surface area contributed by atoms with Crippen LogP contribution in [0.5, 0.6) is 0 Å². The second-order valence-electron chi connectivity index (χ2n) is 13.7. The molecule has 4 heteroatoms. The van der Waals surface area contributed by atoms with Gasteiger partial charge in [-0.25, -0.2) is 0 Å². The molecule has 0 amide bonds. The lowest BCUT2D eigenvalue weighted by Gasteiger charge is -2.24. The lowest BCUT2D eigenvalue weighted by molar-refractivity contribution is 0.658. The third-order valence-corrected chi connectivity index (χ3v) is 13.3. The first-order chi connectivity index (χ1) is 24.1. The Morgan fingerprint density at radius 3 is 1.80 bits per heavy atom. The molecule has 11 rings (SSSR count). The molecule has 0 spiro atoms. The van der Waals surface area contributed by atoms with Gasteiger partial charge in [-0.15, -0.1) is 0 Å². The zero-order valence-corrected chi connectivity index (χ0v) is 28.7. The number of rotatable bonds is 2. The predicted molar refractivity (Wildman–Crippen MR) is 207 cm³/mol. The molecule has 0 unspecified atom stereocenters. The first kappa shape index (κ1) is 27.8. The van der Waals surface area contributed by atoms with Crippen LogP contribution in [0.2, 0.25) is 0 Å². The van der Waals surface area contributed by atoms with Crippen LogP contribution in [0.25, 0.3) is 66.1 Å². The van der Waals surface area contributed by atoms with E-state index in [4.69, 9.17) is 0 Å². The van der Waals surface area contributed by atoms with Crippen LogP contribution in [-0.2, 0) is 5.41 Å². The average molecular weight is 663 g/mol. The van der Waals surface area contributed by atoms with Crippen molar-refractivity contribution < 1.29 is 0 Å². The van der Waals surface area contributed by atoms with E-state index in [-0.39, 0.29) is 5.41 Å². The first-order valence-electron chi connectivity index (χ1n) is 16.9. The minimum Gasteiger partial charge on any atom is -0.309 e. The van der Waals surface area contributed by atoms with Crippen LogP contribution < -0.4 is 0 Å².